The van der Waals surface area contributed by atoms with Gasteiger partial charge >= 0.3 is 0 Å². The molecule has 7 heteroatoms. The first kappa shape index (κ1) is 21.2. The Morgan fingerprint density at radius 2 is 2.07 bits per heavy atom. The molecule has 2 N–H and O–H groups in total. The van der Waals surface area contributed by atoms with Crippen molar-refractivity contribution in [3.8, 4) is 0 Å². The van der Waals surface area contributed by atoms with E-state index in [9.17, 15) is 9.50 Å². The predicted octanol–water partition coefficient (Wildman–Crippen LogP) is 3.08. The number of nitrogens with one attached hydrogen (secondary N) is 1. The molecule has 2 aliphatic heterocycles. The molecule has 0 radical (unpaired) electrons. The predicted molar refractivity (Wildman–Crippen MR) is 117 cm³/mol. The number of benzene rings is 1. The first-order chi connectivity index (χ1) is 13.6. The zero-order chi connectivity index (χ0) is 19.9. The molecule has 1 unspecified atom stereocenters. The van der Waals surface area contributed by atoms with Crippen molar-refractivity contribution >= 4 is 23.4 Å². The number of guanidine groups is 1. The molecule has 0 saturated carbocycles. The summed E-state index contributed by atoms with van der Waals surface area (Å²) in [5.41, 5.74) is 1.51. The first-order valence-electron chi connectivity index (χ1n) is 10.5. The number of aliphatic hydroxyl groups is 1. The topological polar surface area (TPSA) is 51.1 Å². The van der Waals surface area contributed by atoms with Gasteiger partial charge in [-0.2, -0.15) is 11.8 Å². The van der Waals surface area contributed by atoms with Gasteiger partial charge in [0.05, 0.1) is 18.3 Å². The molecule has 2 fully saturated rings. The van der Waals surface area contributed by atoms with Crippen molar-refractivity contribution < 1.29 is 9.50 Å². The van der Waals surface area contributed by atoms with Gasteiger partial charge in [-0.05, 0) is 43.9 Å². The average Bonchev–Trinajstić information content (AvgIpc) is 2.72. The standard InChI is InChI=1S/C21H33FN4OS/c1-3-18-15-26(11-12-28-18)21(23-4-2)24-14-16-5-6-20(19(22)13-16)25-9-7-17(27)8-10-25/h5-6,13,17-18,27H,3-4,7-12,14-15H2,1-2H3,(H,23,24). The van der Waals surface area contributed by atoms with Crippen LogP contribution in [0.4, 0.5) is 10.1 Å². The third kappa shape index (κ3) is 5.54. The van der Waals surface area contributed by atoms with Gasteiger partial charge in [0, 0.05) is 43.7 Å². The minimum Gasteiger partial charge on any atom is -0.393 e. The van der Waals surface area contributed by atoms with Crippen LogP contribution in [0.5, 0.6) is 0 Å². The van der Waals surface area contributed by atoms with Gasteiger partial charge in [0.2, 0.25) is 0 Å². The minimum absolute atomic E-state index is 0.200. The number of aliphatic hydroxyl groups excluding tert-OH is 1. The number of aliphatic imine (C=N–C) groups is 1. The van der Waals surface area contributed by atoms with E-state index >= 15 is 0 Å². The zero-order valence-corrected chi connectivity index (χ0v) is 17.8. The lowest BCUT2D eigenvalue weighted by Gasteiger charge is -2.34. The summed E-state index contributed by atoms with van der Waals surface area (Å²) >= 11 is 2.04. The van der Waals surface area contributed by atoms with Crippen molar-refractivity contribution in [1.82, 2.24) is 10.2 Å². The number of nitrogens with zero attached hydrogens (tertiary/aromatic N) is 3. The maximum atomic E-state index is 14.7. The molecule has 2 aliphatic rings. The van der Waals surface area contributed by atoms with Crippen LogP contribution >= 0.6 is 11.8 Å². The third-order valence-electron chi connectivity index (χ3n) is 5.46. The summed E-state index contributed by atoms with van der Waals surface area (Å²) in [6, 6.07) is 5.43. The molecule has 2 heterocycles. The summed E-state index contributed by atoms with van der Waals surface area (Å²) in [4.78, 5) is 9.13. The Bertz CT molecular complexity index is 664. The molecule has 28 heavy (non-hydrogen) atoms. The number of anilines is 1. The number of halogens is 1. The maximum Gasteiger partial charge on any atom is 0.194 e. The van der Waals surface area contributed by atoms with Gasteiger partial charge in [-0.25, -0.2) is 9.38 Å². The van der Waals surface area contributed by atoms with E-state index < -0.39 is 0 Å². The van der Waals surface area contributed by atoms with Gasteiger partial charge < -0.3 is 20.2 Å². The minimum atomic E-state index is -0.252. The molecule has 1 aromatic carbocycles. The van der Waals surface area contributed by atoms with Crippen molar-refractivity contribution in [3.05, 3.63) is 29.6 Å². The lowest BCUT2D eigenvalue weighted by molar-refractivity contribution is 0.145. The van der Waals surface area contributed by atoms with Crippen molar-refractivity contribution in [1.29, 1.82) is 0 Å². The van der Waals surface area contributed by atoms with Gasteiger partial charge in [0.25, 0.3) is 0 Å². The Morgan fingerprint density at radius 1 is 1.29 bits per heavy atom. The van der Waals surface area contributed by atoms with Crippen molar-refractivity contribution in [2.75, 3.05) is 43.4 Å². The fourth-order valence-corrected chi connectivity index (χ4v) is 4.94. The Kier molecular flexibility index (Phi) is 7.85. The van der Waals surface area contributed by atoms with E-state index in [4.69, 9.17) is 4.99 Å². The number of hydrogen-bond donors (Lipinski definition) is 2. The van der Waals surface area contributed by atoms with Crippen molar-refractivity contribution in [2.24, 2.45) is 4.99 Å². The van der Waals surface area contributed by atoms with Crippen LogP contribution in [0.2, 0.25) is 0 Å². The second-order valence-electron chi connectivity index (χ2n) is 7.52. The highest BCUT2D eigenvalue weighted by Gasteiger charge is 2.22. The number of hydrogen-bond acceptors (Lipinski definition) is 4. The highest BCUT2D eigenvalue weighted by molar-refractivity contribution is 8.00. The van der Waals surface area contributed by atoms with Crippen LogP contribution < -0.4 is 10.2 Å². The molecule has 5 nitrogen and oxygen atoms in total. The summed E-state index contributed by atoms with van der Waals surface area (Å²) in [6.45, 7) is 9.03. The van der Waals surface area contributed by atoms with Crippen LogP contribution in [0.15, 0.2) is 23.2 Å². The molecular weight excluding hydrogens is 375 g/mol. The largest absolute Gasteiger partial charge is 0.393 e. The summed E-state index contributed by atoms with van der Waals surface area (Å²) in [7, 11) is 0. The fourth-order valence-electron chi connectivity index (χ4n) is 3.76. The van der Waals surface area contributed by atoms with Gasteiger partial charge in [0.1, 0.15) is 5.82 Å². The van der Waals surface area contributed by atoms with E-state index in [0.717, 1.165) is 36.9 Å². The number of piperidine rings is 1. The van der Waals surface area contributed by atoms with E-state index in [-0.39, 0.29) is 11.9 Å². The smallest absolute Gasteiger partial charge is 0.194 e. The monoisotopic (exact) mass is 408 g/mol. The molecule has 0 amide bonds. The van der Waals surface area contributed by atoms with E-state index in [0.29, 0.717) is 43.4 Å². The lowest BCUT2D eigenvalue weighted by Crippen LogP contribution is -2.48. The molecule has 156 valence electrons. The normalized spacial score (nSPS) is 21.9. The highest BCUT2D eigenvalue weighted by atomic mass is 32.2. The van der Waals surface area contributed by atoms with Crippen LogP contribution in [0, 0.1) is 5.82 Å². The highest BCUT2D eigenvalue weighted by Crippen LogP contribution is 2.25. The first-order valence-corrected chi connectivity index (χ1v) is 11.5. The quantitative estimate of drug-likeness (QED) is 0.579. The Hall–Kier alpha value is -1.47. The lowest BCUT2D eigenvalue weighted by atomic mass is 10.1. The average molecular weight is 409 g/mol. The number of rotatable bonds is 5. The maximum absolute atomic E-state index is 14.7. The van der Waals surface area contributed by atoms with E-state index in [1.807, 2.05) is 28.8 Å². The Labute approximate surface area is 172 Å². The Balaban J connectivity index is 1.66. The second kappa shape index (κ2) is 10.3. The molecule has 3 rings (SSSR count). The molecule has 1 aromatic rings. The van der Waals surface area contributed by atoms with Crippen molar-refractivity contribution in [3.63, 3.8) is 0 Å². The molecule has 0 spiro atoms. The van der Waals surface area contributed by atoms with Crippen molar-refractivity contribution in [2.45, 2.75) is 51.0 Å². The van der Waals surface area contributed by atoms with Crippen LogP contribution in [-0.4, -0.2) is 65.8 Å². The van der Waals surface area contributed by atoms with Crippen LogP contribution in [-0.2, 0) is 6.54 Å². The van der Waals surface area contributed by atoms with Crippen LogP contribution in [0.1, 0.15) is 38.7 Å². The fraction of sp³-hybridized carbons (Fsp3) is 0.667. The van der Waals surface area contributed by atoms with E-state index in [2.05, 4.69) is 24.1 Å². The van der Waals surface area contributed by atoms with E-state index in [1.54, 1.807) is 6.07 Å². The summed E-state index contributed by atoms with van der Waals surface area (Å²) in [6.07, 6.45) is 2.31. The second-order valence-corrected chi connectivity index (χ2v) is 8.93. The molecule has 0 aliphatic carbocycles. The van der Waals surface area contributed by atoms with Gasteiger partial charge in [0.15, 0.2) is 5.96 Å². The molecular formula is C21H33FN4OS. The molecule has 1 atom stereocenters. The summed E-state index contributed by atoms with van der Waals surface area (Å²) < 4.78 is 14.7. The number of thioether (sulfide) groups is 1. The summed E-state index contributed by atoms with van der Waals surface area (Å²) in [5.74, 6) is 1.85. The summed E-state index contributed by atoms with van der Waals surface area (Å²) in [5, 5.41) is 13.7. The van der Waals surface area contributed by atoms with E-state index in [1.165, 1.54) is 6.42 Å². The molecule has 0 aromatic heterocycles. The SMILES string of the molecule is CCNC(=NCc1ccc(N2CCC(O)CC2)c(F)c1)N1CCSC(CC)C1. The zero-order valence-electron chi connectivity index (χ0n) is 17.0. The van der Waals surface area contributed by atoms with Crippen LogP contribution in [0.3, 0.4) is 0 Å². The van der Waals surface area contributed by atoms with Gasteiger partial charge in [-0.3, -0.25) is 0 Å². The van der Waals surface area contributed by atoms with Gasteiger partial charge in [-0.15, -0.1) is 0 Å². The van der Waals surface area contributed by atoms with Crippen LogP contribution in [0.25, 0.3) is 0 Å². The molecule has 0 bridgehead atoms. The molecule has 2 saturated heterocycles. The Morgan fingerprint density at radius 3 is 2.75 bits per heavy atom. The third-order valence-corrected chi connectivity index (χ3v) is 6.83. The van der Waals surface area contributed by atoms with Gasteiger partial charge in [-0.1, -0.05) is 13.0 Å².